The number of anilines is 2. The molecule has 11 nitrogen and oxygen atoms in total. The number of nitrogens with zero attached hydrogens (tertiary/aromatic N) is 7. The summed E-state index contributed by atoms with van der Waals surface area (Å²) in [6.45, 7) is 5.96. The van der Waals surface area contributed by atoms with E-state index in [2.05, 4.69) is 20.4 Å². The van der Waals surface area contributed by atoms with Crippen LogP contribution in [0, 0.1) is 11.6 Å². The summed E-state index contributed by atoms with van der Waals surface area (Å²) in [6.07, 6.45) is 3.54. The minimum absolute atomic E-state index is 0.0469. The van der Waals surface area contributed by atoms with Gasteiger partial charge in [-0.1, -0.05) is 0 Å². The first-order valence-corrected chi connectivity index (χ1v) is 12.4. The van der Waals surface area contributed by atoms with E-state index < -0.39 is 11.6 Å². The lowest BCUT2D eigenvalue weighted by Gasteiger charge is -2.34. The Hall–Kier alpha value is -4.03. The number of aromatic amines is 1. The Kier molecular flexibility index (Phi) is 5.76. The van der Waals surface area contributed by atoms with Crippen molar-refractivity contribution in [3.63, 3.8) is 0 Å². The first-order chi connectivity index (χ1) is 17.9. The van der Waals surface area contributed by atoms with Crippen LogP contribution in [0.5, 0.6) is 0 Å². The van der Waals surface area contributed by atoms with E-state index in [-0.39, 0.29) is 24.3 Å². The van der Waals surface area contributed by atoms with Gasteiger partial charge in [-0.3, -0.25) is 0 Å². The summed E-state index contributed by atoms with van der Waals surface area (Å²) in [4.78, 5) is 32.8. The summed E-state index contributed by atoms with van der Waals surface area (Å²) in [5.41, 5.74) is 2.17. The van der Waals surface area contributed by atoms with Gasteiger partial charge in [0.2, 0.25) is 11.9 Å². The van der Waals surface area contributed by atoms with Gasteiger partial charge in [0.1, 0.15) is 11.3 Å². The second-order valence-electron chi connectivity index (χ2n) is 9.66. The van der Waals surface area contributed by atoms with Crippen molar-refractivity contribution in [1.29, 1.82) is 0 Å². The molecule has 1 aromatic carbocycles. The topological polar surface area (TPSA) is 117 Å². The molecule has 194 valence electrons. The number of carbonyl (C=O) groups excluding carboxylic acids is 1. The fourth-order valence-electron chi connectivity index (χ4n) is 4.50. The molecule has 1 saturated carbocycles. The van der Waals surface area contributed by atoms with Gasteiger partial charge in [-0.05, 0) is 44.7 Å². The third-order valence-corrected chi connectivity index (χ3v) is 6.57. The maximum Gasteiger partial charge on any atom is 0.410 e. The van der Waals surface area contributed by atoms with Crippen molar-refractivity contribution in [2.75, 3.05) is 36.4 Å². The molecule has 0 bridgehead atoms. The molecule has 4 heterocycles. The van der Waals surface area contributed by atoms with Gasteiger partial charge in [-0.15, -0.1) is 0 Å². The highest BCUT2D eigenvalue weighted by atomic mass is 19.2. The molecule has 0 atom stereocenters. The van der Waals surface area contributed by atoms with Crippen LogP contribution in [-0.4, -0.2) is 72.8 Å². The molecule has 0 spiro atoms. The number of fused-ring (bicyclic) bond motifs is 2. The van der Waals surface area contributed by atoms with Crippen LogP contribution in [0.25, 0.3) is 16.7 Å². The Bertz CT molecular complexity index is 1470. The number of hydrogen-bond acceptors (Lipinski definition) is 8. The van der Waals surface area contributed by atoms with Crippen LogP contribution in [-0.2, 0) is 11.3 Å². The molecular formula is C24H27F2N9O2. The van der Waals surface area contributed by atoms with E-state index in [0.717, 1.165) is 30.1 Å². The van der Waals surface area contributed by atoms with E-state index in [4.69, 9.17) is 14.7 Å². The van der Waals surface area contributed by atoms with Crippen molar-refractivity contribution in [1.82, 2.24) is 34.4 Å². The minimum atomic E-state index is -0.982. The first-order valence-electron chi connectivity index (χ1n) is 12.4. The lowest BCUT2D eigenvalue weighted by atomic mass is 10.2. The van der Waals surface area contributed by atoms with Crippen LogP contribution >= 0.6 is 0 Å². The number of amides is 1. The molecule has 2 N–H and O–H groups in total. The van der Waals surface area contributed by atoms with Crippen molar-refractivity contribution < 1.29 is 18.3 Å². The highest BCUT2D eigenvalue weighted by molar-refractivity contribution is 5.75. The number of rotatable bonds is 6. The minimum Gasteiger partial charge on any atom is -0.447 e. The number of piperazine rings is 1. The molecular weight excluding hydrogens is 484 g/mol. The number of aromatic nitrogens is 6. The number of halogens is 2. The fourth-order valence-corrected chi connectivity index (χ4v) is 4.50. The van der Waals surface area contributed by atoms with Crippen LogP contribution < -0.4 is 10.2 Å². The molecule has 1 aliphatic carbocycles. The molecule has 13 heteroatoms. The standard InChI is InChI=1S/C24H27F2N9O2/c1-13(2)37-24(36)34-9-7-33(8-10-34)23-31-21-15(14-3-4-14)11-28-35(21)22(32-23)27-12-18-29-17-6-5-16(25)19(26)20(17)30-18/h5-6,11,13-14H,3-4,7-10,12H2,1-2H3,(H,29,30)(H,27,31,32). The summed E-state index contributed by atoms with van der Waals surface area (Å²) in [5.74, 6) is -0.0667. The van der Waals surface area contributed by atoms with E-state index in [1.807, 2.05) is 24.9 Å². The second kappa shape index (κ2) is 9.12. The van der Waals surface area contributed by atoms with E-state index in [0.29, 0.717) is 55.3 Å². The normalized spacial score (nSPS) is 16.2. The average molecular weight is 512 g/mol. The van der Waals surface area contributed by atoms with Crippen LogP contribution in [0.1, 0.15) is 44.0 Å². The lowest BCUT2D eigenvalue weighted by Crippen LogP contribution is -2.49. The summed E-state index contributed by atoms with van der Waals surface area (Å²) < 4.78 is 34.7. The van der Waals surface area contributed by atoms with Gasteiger partial charge in [-0.25, -0.2) is 18.6 Å². The number of hydrogen-bond donors (Lipinski definition) is 2. The zero-order valence-corrected chi connectivity index (χ0v) is 20.5. The molecule has 1 aliphatic heterocycles. The molecule has 1 amide bonds. The molecule has 1 saturated heterocycles. The van der Waals surface area contributed by atoms with Gasteiger partial charge >= 0.3 is 6.09 Å². The van der Waals surface area contributed by atoms with Gasteiger partial charge in [0.25, 0.3) is 0 Å². The van der Waals surface area contributed by atoms with Gasteiger partial charge in [-0.2, -0.15) is 19.6 Å². The van der Waals surface area contributed by atoms with Crippen molar-refractivity contribution in [3.8, 4) is 0 Å². The maximum atomic E-state index is 14.1. The van der Waals surface area contributed by atoms with Crippen LogP contribution in [0.2, 0.25) is 0 Å². The number of carbonyl (C=O) groups is 1. The molecule has 4 aromatic rings. The van der Waals surface area contributed by atoms with Crippen molar-refractivity contribution in [3.05, 3.63) is 41.4 Å². The second-order valence-corrected chi connectivity index (χ2v) is 9.66. The molecule has 6 rings (SSSR count). The van der Waals surface area contributed by atoms with Crippen LogP contribution in [0.15, 0.2) is 18.3 Å². The lowest BCUT2D eigenvalue weighted by molar-refractivity contribution is 0.0750. The highest BCUT2D eigenvalue weighted by Gasteiger charge is 2.30. The van der Waals surface area contributed by atoms with Crippen LogP contribution in [0.3, 0.4) is 0 Å². The van der Waals surface area contributed by atoms with Gasteiger partial charge in [0, 0.05) is 31.7 Å². The highest BCUT2D eigenvalue weighted by Crippen LogP contribution is 2.42. The van der Waals surface area contributed by atoms with Crippen LogP contribution in [0.4, 0.5) is 25.5 Å². The molecule has 3 aromatic heterocycles. The molecule has 0 radical (unpaired) electrons. The molecule has 2 aliphatic rings. The monoisotopic (exact) mass is 511 g/mol. The molecule has 0 unspecified atom stereocenters. The van der Waals surface area contributed by atoms with Gasteiger partial charge in [0.05, 0.1) is 24.4 Å². The van der Waals surface area contributed by atoms with Gasteiger partial charge in [0.15, 0.2) is 17.3 Å². The molecule has 37 heavy (non-hydrogen) atoms. The number of imidazole rings is 1. The Labute approximate surface area is 210 Å². The van der Waals surface area contributed by atoms with Gasteiger partial charge < -0.3 is 24.8 Å². The largest absolute Gasteiger partial charge is 0.447 e. The Balaban J connectivity index is 1.26. The number of H-pyrrole nitrogens is 1. The van der Waals surface area contributed by atoms with Crippen molar-refractivity contribution in [2.45, 2.75) is 45.3 Å². The summed E-state index contributed by atoms with van der Waals surface area (Å²) >= 11 is 0. The molecule has 2 fully saturated rings. The zero-order chi connectivity index (χ0) is 25.7. The maximum absolute atomic E-state index is 14.1. The predicted molar refractivity (Wildman–Crippen MR) is 131 cm³/mol. The first kappa shape index (κ1) is 23.4. The summed E-state index contributed by atoms with van der Waals surface area (Å²) in [7, 11) is 0. The van der Waals surface area contributed by atoms with Crippen molar-refractivity contribution >= 4 is 34.7 Å². The summed E-state index contributed by atoms with van der Waals surface area (Å²) in [6, 6.07) is 2.52. The predicted octanol–water partition coefficient (Wildman–Crippen LogP) is 3.44. The third-order valence-electron chi connectivity index (χ3n) is 6.57. The number of benzene rings is 1. The number of ether oxygens (including phenoxy) is 1. The third kappa shape index (κ3) is 4.49. The fraction of sp³-hybridized carbons (Fsp3) is 0.458. The SMILES string of the molecule is CC(C)OC(=O)N1CCN(c2nc(NCc3nc4c(F)c(F)ccc4[nH]3)n3ncc(C4CC4)c3n2)CC1. The average Bonchev–Trinajstić information content (AvgIpc) is 3.49. The van der Waals surface area contributed by atoms with E-state index in [1.54, 1.807) is 9.42 Å². The zero-order valence-electron chi connectivity index (χ0n) is 20.5. The van der Waals surface area contributed by atoms with E-state index in [9.17, 15) is 13.6 Å². The Morgan fingerprint density at radius 3 is 2.68 bits per heavy atom. The number of nitrogens with one attached hydrogen (secondary N) is 2. The Morgan fingerprint density at radius 2 is 1.95 bits per heavy atom. The Morgan fingerprint density at radius 1 is 1.16 bits per heavy atom. The van der Waals surface area contributed by atoms with Crippen molar-refractivity contribution in [2.24, 2.45) is 0 Å². The smallest absolute Gasteiger partial charge is 0.410 e. The van der Waals surface area contributed by atoms with E-state index in [1.165, 1.54) is 6.07 Å². The quantitative estimate of drug-likeness (QED) is 0.405. The van der Waals surface area contributed by atoms with E-state index >= 15 is 0 Å². The summed E-state index contributed by atoms with van der Waals surface area (Å²) in [5, 5.41) is 7.74.